The largest absolute Gasteiger partial charge is 0.372 e. The number of hydrogen-bond donors (Lipinski definition) is 2. The highest BCUT2D eigenvalue weighted by Gasteiger charge is 2.09. The van der Waals surface area contributed by atoms with E-state index < -0.39 is 0 Å². The van der Waals surface area contributed by atoms with Crippen LogP contribution < -0.4 is 10.6 Å². The number of imidazole rings is 1. The van der Waals surface area contributed by atoms with E-state index in [4.69, 9.17) is 11.6 Å². The third kappa shape index (κ3) is 2.25. The summed E-state index contributed by atoms with van der Waals surface area (Å²) in [5, 5.41) is 6.37. The van der Waals surface area contributed by atoms with Crippen LogP contribution in [0.15, 0.2) is 36.8 Å². The van der Waals surface area contributed by atoms with E-state index in [1.807, 2.05) is 4.40 Å². The van der Waals surface area contributed by atoms with Crippen molar-refractivity contribution in [1.29, 1.82) is 0 Å². The van der Waals surface area contributed by atoms with Gasteiger partial charge in [0, 0.05) is 19.4 Å². The van der Waals surface area contributed by atoms with Crippen LogP contribution in [-0.2, 0) is 0 Å². The molecule has 3 aromatic rings. The van der Waals surface area contributed by atoms with Crippen LogP contribution in [0, 0.1) is 5.82 Å². The quantitative estimate of drug-likeness (QED) is 0.777. The molecule has 2 heterocycles. The highest BCUT2D eigenvalue weighted by molar-refractivity contribution is 6.33. The second-order valence-electron chi connectivity index (χ2n) is 4.13. The number of rotatable bonds is 3. The summed E-state index contributed by atoms with van der Waals surface area (Å²) in [6, 6.07) is 4.11. The zero-order valence-electron chi connectivity index (χ0n) is 10.6. The van der Waals surface area contributed by atoms with Crippen molar-refractivity contribution in [3.8, 4) is 0 Å². The Morgan fingerprint density at radius 3 is 3.00 bits per heavy atom. The van der Waals surface area contributed by atoms with Gasteiger partial charge in [-0.15, -0.1) is 0 Å². The van der Waals surface area contributed by atoms with E-state index in [0.29, 0.717) is 28.0 Å². The fraction of sp³-hybridized carbons (Fsp3) is 0.0769. The molecule has 2 N–H and O–H groups in total. The minimum atomic E-state index is -0.374. The van der Waals surface area contributed by atoms with Gasteiger partial charge < -0.3 is 15.0 Å². The van der Waals surface area contributed by atoms with Gasteiger partial charge in [-0.2, -0.15) is 0 Å². The van der Waals surface area contributed by atoms with E-state index >= 15 is 0 Å². The number of anilines is 3. The molecule has 102 valence electrons. The summed E-state index contributed by atoms with van der Waals surface area (Å²) in [4.78, 5) is 8.59. The average Bonchev–Trinajstić information content (AvgIpc) is 2.91. The van der Waals surface area contributed by atoms with Crippen LogP contribution >= 0.6 is 11.6 Å². The van der Waals surface area contributed by atoms with Crippen molar-refractivity contribution in [3.63, 3.8) is 0 Å². The number of fused-ring (bicyclic) bond motifs is 1. The first kappa shape index (κ1) is 12.7. The standard InChI is InChI=1S/C13H11ClFN5/c1-16-11-7-20-5-4-17-13(20)12(19-11)18-10-6-8(15)2-3-9(10)14/h2-7,16H,1H3,(H,18,19). The molecule has 2 aromatic heterocycles. The fourth-order valence-corrected chi connectivity index (χ4v) is 2.02. The van der Waals surface area contributed by atoms with Gasteiger partial charge >= 0.3 is 0 Å². The summed E-state index contributed by atoms with van der Waals surface area (Å²) in [5.74, 6) is 0.779. The monoisotopic (exact) mass is 291 g/mol. The second-order valence-corrected chi connectivity index (χ2v) is 4.54. The third-order valence-corrected chi connectivity index (χ3v) is 3.14. The summed E-state index contributed by atoms with van der Waals surface area (Å²) in [6.45, 7) is 0. The number of aromatic nitrogens is 3. The van der Waals surface area contributed by atoms with Gasteiger partial charge in [0.15, 0.2) is 11.5 Å². The van der Waals surface area contributed by atoms with Crippen LogP contribution in [0.1, 0.15) is 0 Å². The van der Waals surface area contributed by atoms with E-state index in [9.17, 15) is 4.39 Å². The maximum Gasteiger partial charge on any atom is 0.180 e. The first-order valence-electron chi connectivity index (χ1n) is 5.91. The zero-order valence-corrected chi connectivity index (χ0v) is 11.3. The van der Waals surface area contributed by atoms with E-state index in [1.165, 1.54) is 18.2 Å². The van der Waals surface area contributed by atoms with Crippen molar-refractivity contribution in [2.45, 2.75) is 0 Å². The van der Waals surface area contributed by atoms with Gasteiger partial charge in [-0.3, -0.25) is 0 Å². The normalized spacial score (nSPS) is 10.8. The van der Waals surface area contributed by atoms with E-state index in [0.717, 1.165) is 0 Å². The van der Waals surface area contributed by atoms with Crippen molar-refractivity contribution < 1.29 is 4.39 Å². The van der Waals surface area contributed by atoms with Gasteiger partial charge in [0.1, 0.15) is 11.6 Å². The molecule has 0 aliphatic heterocycles. The molecule has 0 atom stereocenters. The average molecular weight is 292 g/mol. The van der Waals surface area contributed by atoms with Crippen LogP contribution in [0.25, 0.3) is 5.65 Å². The maximum absolute atomic E-state index is 13.3. The number of benzene rings is 1. The predicted octanol–water partition coefficient (Wildman–Crippen LogP) is 3.31. The molecule has 0 fully saturated rings. The van der Waals surface area contributed by atoms with Crippen molar-refractivity contribution >= 4 is 34.6 Å². The minimum absolute atomic E-state index is 0.374. The van der Waals surface area contributed by atoms with Crippen molar-refractivity contribution in [2.75, 3.05) is 17.7 Å². The molecule has 0 bridgehead atoms. The number of nitrogens with one attached hydrogen (secondary N) is 2. The smallest absolute Gasteiger partial charge is 0.180 e. The van der Waals surface area contributed by atoms with Crippen LogP contribution in [0.3, 0.4) is 0 Å². The lowest BCUT2D eigenvalue weighted by molar-refractivity contribution is 0.628. The minimum Gasteiger partial charge on any atom is -0.372 e. The molecule has 0 aliphatic carbocycles. The van der Waals surface area contributed by atoms with Crippen LogP contribution in [0.2, 0.25) is 5.02 Å². The van der Waals surface area contributed by atoms with E-state index in [2.05, 4.69) is 20.6 Å². The SMILES string of the molecule is CNc1cn2ccnc2c(Nc2cc(F)ccc2Cl)n1. The molecule has 0 saturated heterocycles. The Morgan fingerprint density at radius 2 is 2.20 bits per heavy atom. The Bertz CT molecular complexity index is 771. The molecule has 0 unspecified atom stereocenters. The molecular weight excluding hydrogens is 281 g/mol. The van der Waals surface area contributed by atoms with Crippen molar-refractivity contribution in [3.05, 3.63) is 47.6 Å². The molecule has 3 rings (SSSR count). The van der Waals surface area contributed by atoms with E-state index in [-0.39, 0.29) is 5.82 Å². The molecule has 1 aromatic carbocycles. The van der Waals surface area contributed by atoms with Crippen LogP contribution in [0.5, 0.6) is 0 Å². The Labute approximate surface area is 119 Å². The number of halogens is 2. The Kier molecular flexibility index (Phi) is 3.15. The fourth-order valence-electron chi connectivity index (χ4n) is 1.86. The van der Waals surface area contributed by atoms with Crippen LogP contribution in [-0.4, -0.2) is 21.4 Å². The Morgan fingerprint density at radius 1 is 1.35 bits per heavy atom. The summed E-state index contributed by atoms with van der Waals surface area (Å²) in [7, 11) is 1.77. The second kappa shape index (κ2) is 4.97. The Balaban J connectivity index is 2.09. The van der Waals surface area contributed by atoms with Gasteiger partial charge in [0.25, 0.3) is 0 Å². The van der Waals surface area contributed by atoms with Gasteiger partial charge in [-0.05, 0) is 18.2 Å². The summed E-state index contributed by atoms with van der Waals surface area (Å²) in [5.41, 5.74) is 1.07. The molecule has 5 nitrogen and oxygen atoms in total. The maximum atomic E-state index is 13.3. The summed E-state index contributed by atoms with van der Waals surface area (Å²) in [6.07, 6.45) is 5.27. The Hall–Kier alpha value is -2.34. The lowest BCUT2D eigenvalue weighted by Gasteiger charge is -2.10. The topological polar surface area (TPSA) is 54.2 Å². The van der Waals surface area contributed by atoms with Gasteiger partial charge in [-0.1, -0.05) is 11.6 Å². The number of nitrogens with zero attached hydrogens (tertiary/aromatic N) is 3. The van der Waals surface area contributed by atoms with Gasteiger partial charge in [0.05, 0.1) is 16.9 Å². The molecule has 7 heteroatoms. The molecular formula is C13H11ClFN5. The first-order chi connectivity index (χ1) is 9.67. The highest BCUT2D eigenvalue weighted by Crippen LogP contribution is 2.27. The summed E-state index contributed by atoms with van der Waals surface area (Å²) >= 11 is 6.05. The predicted molar refractivity (Wildman–Crippen MR) is 77.2 cm³/mol. The van der Waals surface area contributed by atoms with Gasteiger partial charge in [0.2, 0.25) is 0 Å². The molecule has 0 aliphatic rings. The van der Waals surface area contributed by atoms with Crippen LogP contribution in [0.4, 0.5) is 21.7 Å². The molecule has 0 spiro atoms. The molecule has 0 amide bonds. The third-order valence-electron chi connectivity index (χ3n) is 2.81. The highest BCUT2D eigenvalue weighted by atomic mass is 35.5. The van der Waals surface area contributed by atoms with Crippen molar-refractivity contribution in [1.82, 2.24) is 14.4 Å². The van der Waals surface area contributed by atoms with E-state index in [1.54, 1.807) is 25.6 Å². The lowest BCUT2D eigenvalue weighted by Crippen LogP contribution is -2.02. The molecule has 0 saturated carbocycles. The van der Waals surface area contributed by atoms with Gasteiger partial charge in [-0.25, -0.2) is 14.4 Å². The number of hydrogen-bond acceptors (Lipinski definition) is 4. The zero-order chi connectivity index (χ0) is 14.1. The first-order valence-corrected chi connectivity index (χ1v) is 6.28. The summed E-state index contributed by atoms with van der Waals surface area (Å²) < 4.78 is 15.1. The molecule has 20 heavy (non-hydrogen) atoms. The van der Waals surface area contributed by atoms with Crippen molar-refractivity contribution in [2.24, 2.45) is 0 Å². The molecule has 0 radical (unpaired) electrons. The lowest BCUT2D eigenvalue weighted by atomic mass is 10.3.